The van der Waals surface area contributed by atoms with Gasteiger partial charge in [0, 0.05) is 18.1 Å². The summed E-state index contributed by atoms with van der Waals surface area (Å²) in [6, 6.07) is 5.57. The molecular formula is C12H9ClF3N3O2S. The molecule has 2 aromatic rings. The number of benzene rings is 1. The second kappa shape index (κ2) is 5.73. The molecule has 1 aromatic carbocycles. The summed E-state index contributed by atoms with van der Waals surface area (Å²) in [5, 5.41) is 1.91. The van der Waals surface area contributed by atoms with Crippen LogP contribution in [-0.4, -0.2) is 24.6 Å². The Hall–Kier alpha value is -1.87. The molecule has 0 aliphatic carbocycles. The number of nitrogens with one attached hydrogen (secondary N) is 1. The van der Waals surface area contributed by atoms with E-state index in [1.54, 1.807) is 0 Å². The molecule has 1 heterocycles. The first-order valence-corrected chi connectivity index (χ1v) is 8.01. The number of hydrogen-bond donors (Lipinski definition) is 1. The van der Waals surface area contributed by atoms with Gasteiger partial charge in [-0.05, 0) is 24.3 Å². The monoisotopic (exact) mass is 351 g/mol. The first-order valence-electron chi connectivity index (χ1n) is 5.74. The van der Waals surface area contributed by atoms with Gasteiger partial charge in [-0.25, -0.2) is 18.4 Å². The number of aromatic nitrogens is 2. The molecule has 0 spiro atoms. The van der Waals surface area contributed by atoms with E-state index in [2.05, 4.69) is 15.3 Å². The lowest BCUT2D eigenvalue weighted by Gasteiger charge is -2.10. The predicted molar refractivity (Wildman–Crippen MR) is 74.9 cm³/mol. The molecule has 0 saturated carbocycles. The number of nitrogens with zero attached hydrogens (tertiary/aromatic N) is 2. The lowest BCUT2D eigenvalue weighted by Crippen LogP contribution is -2.09. The molecule has 0 aliphatic rings. The van der Waals surface area contributed by atoms with E-state index in [0.717, 1.165) is 6.26 Å². The van der Waals surface area contributed by atoms with Crippen LogP contribution in [0.4, 0.5) is 24.8 Å². The van der Waals surface area contributed by atoms with E-state index in [1.807, 2.05) is 0 Å². The van der Waals surface area contributed by atoms with Crippen molar-refractivity contribution in [2.24, 2.45) is 0 Å². The van der Waals surface area contributed by atoms with Gasteiger partial charge in [0.25, 0.3) is 0 Å². The Morgan fingerprint density at radius 2 is 1.77 bits per heavy atom. The molecule has 0 saturated heterocycles. The summed E-state index contributed by atoms with van der Waals surface area (Å²) < 4.78 is 60.2. The van der Waals surface area contributed by atoms with Crippen molar-refractivity contribution in [3.63, 3.8) is 0 Å². The molecule has 0 fully saturated rings. The zero-order valence-electron chi connectivity index (χ0n) is 11.0. The molecule has 0 aliphatic heterocycles. The summed E-state index contributed by atoms with van der Waals surface area (Å²) in [6.07, 6.45) is -3.00. The van der Waals surface area contributed by atoms with Crippen molar-refractivity contribution in [2.75, 3.05) is 11.6 Å². The van der Waals surface area contributed by atoms with Crippen molar-refractivity contribution in [1.29, 1.82) is 0 Å². The second-order valence-electron chi connectivity index (χ2n) is 4.32. The first kappa shape index (κ1) is 16.5. The minimum absolute atomic E-state index is 0.115. The molecule has 0 unspecified atom stereocenters. The van der Waals surface area contributed by atoms with E-state index in [-0.39, 0.29) is 10.8 Å². The minimum Gasteiger partial charge on any atom is -0.324 e. The SMILES string of the molecule is CS(=O)(=O)c1ccc(Nc2ncc(C(F)(F)F)c(Cl)n2)cc1. The van der Waals surface area contributed by atoms with Crippen LogP contribution < -0.4 is 5.32 Å². The Morgan fingerprint density at radius 3 is 2.23 bits per heavy atom. The number of sulfone groups is 1. The van der Waals surface area contributed by atoms with Crippen molar-refractivity contribution in [1.82, 2.24) is 9.97 Å². The van der Waals surface area contributed by atoms with Gasteiger partial charge in [0.2, 0.25) is 5.95 Å². The average molecular weight is 352 g/mol. The molecular weight excluding hydrogens is 343 g/mol. The van der Waals surface area contributed by atoms with Gasteiger partial charge in [0.15, 0.2) is 9.84 Å². The second-order valence-corrected chi connectivity index (χ2v) is 6.69. The highest BCUT2D eigenvalue weighted by molar-refractivity contribution is 7.90. The summed E-state index contributed by atoms with van der Waals surface area (Å²) >= 11 is 5.47. The molecule has 22 heavy (non-hydrogen) atoms. The molecule has 1 N–H and O–H groups in total. The number of rotatable bonds is 3. The fourth-order valence-corrected chi connectivity index (χ4v) is 2.39. The largest absolute Gasteiger partial charge is 0.420 e. The summed E-state index contributed by atoms with van der Waals surface area (Å²) in [5.41, 5.74) is -0.727. The van der Waals surface area contributed by atoms with E-state index >= 15 is 0 Å². The highest BCUT2D eigenvalue weighted by Gasteiger charge is 2.34. The van der Waals surface area contributed by atoms with Crippen LogP contribution in [0.3, 0.4) is 0 Å². The van der Waals surface area contributed by atoms with Crippen LogP contribution in [0, 0.1) is 0 Å². The van der Waals surface area contributed by atoms with Crippen molar-refractivity contribution in [2.45, 2.75) is 11.1 Å². The average Bonchev–Trinajstić information content (AvgIpc) is 2.36. The summed E-state index contributed by atoms with van der Waals surface area (Å²) in [7, 11) is -3.33. The smallest absolute Gasteiger partial charge is 0.324 e. The van der Waals surface area contributed by atoms with E-state index in [1.165, 1.54) is 24.3 Å². The molecule has 10 heteroatoms. The minimum atomic E-state index is -4.63. The Labute approximate surface area is 129 Å². The quantitative estimate of drug-likeness (QED) is 0.859. The van der Waals surface area contributed by atoms with Gasteiger partial charge in [-0.15, -0.1) is 0 Å². The maximum Gasteiger partial charge on any atom is 0.420 e. The van der Waals surface area contributed by atoms with Crippen molar-refractivity contribution >= 4 is 33.1 Å². The predicted octanol–water partition coefficient (Wildman–Crippen LogP) is 3.30. The third-order valence-electron chi connectivity index (χ3n) is 2.59. The van der Waals surface area contributed by atoms with Crippen LogP contribution >= 0.6 is 11.6 Å². The summed E-state index contributed by atoms with van der Waals surface area (Å²) in [4.78, 5) is 7.15. The Kier molecular flexibility index (Phi) is 4.30. The summed E-state index contributed by atoms with van der Waals surface area (Å²) in [5.74, 6) is -0.134. The fourth-order valence-electron chi connectivity index (χ4n) is 1.53. The summed E-state index contributed by atoms with van der Waals surface area (Å²) in [6.45, 7) is 0. The molecule has 0 bridgehead atoms. The fraction of sp³-hybridized carbons (Fsp3) is 0.167. The van der Waals surface area contributed by atoms with Crippen LogP contribution in [0.2, 0.25) is 5.15 Å². The lowest BCUT2D eigenvalue weighted by molar-refractivity contribution is -0.137. The number of alkyl halides is 3. The van der Waals surface area contributed by atoms with Crippen LogP contribution in [0.5, 0.6) is 0 Å². The van der Waals surface area contributed by atoms with Gasteiger partial charge in [-0.3, -0.25) is 0 Å². The number of hydrogen-bond acceptors (Lipinski definition) is 5. The van der Waals surface area contributed by atoms with Gasteiger partial charge in [-0.1, -0.05) is 11.6 Å². The van der Waals surface area contributed by atoms with Crippen molar-refractivity contribution in [3.8, 4) is 0 Å². The number of halogens is 4. The van der Waals surface area contributed by atoms with Crippen LogP contribution in [-0.2, 0) is 16.0 Å². The van der Waals surface area contributed by atoms with E-state index in [0.29, 0.717) is 11.9 Å². The van der Waals surface area contributed by atoms with Gasteiger partial charge in [0.05, 0.1) is 4.90 Å². The van der Waals surface area contributed by atoms with Crippen LogP contribution in [0.15, 0.2) is 35.4 Å². The molecule has 1 aromatic heterocycles. The molecule has 2 rings (SSSR count). The Balaban J connectivity index is 2.23. The van der Waals surface area contributed by atoms with Crippen molar-refractivity contribution in [3.05, 3.63) is 41.2 Å². The first-order chi connectivity index (χ1) is 10.1. The number of anilines is 2. The van der Waals surface area contributed by atoms with E-state index < -0.39 is 26.7 Å². The Bertz CT molecular complexity index is 792. The highest BCUT2D eigenvalue weighted by atomic mass is 35.5. The zero-order valence-corrected chi connectivity index (χ0v) is 12.6. The maximum absolute atomic E-state index is 12.5. The standard InChI is InChI=1S/C12H9ClF3N3O2S/c1-22(20,21)8-4-2-7(3-5-8)18-11-17-6-9(10(13)19-11)12(14,15)16/h2-6H,1H3,(H,17,18,19). The van der Waals surface area contributed by atoms with Gasteiger partial charge >= 0.3 is 6.18 Å². The maximum atomic E-state index is 12.5. The molecule has 118 valence electrons. The normalized spacial score (nSPS) is 12.2. The van der Waals surface area contributed by atoms with Crippen molar-refractivity contribution < 1.29 is 21.6 Å². The van der Waals surface area contributed by atoms with Crippen LogP contribution in [0.1, 0.15) is 5.56 Å². The van der Waals surface area contributed by atoms with Gasteiger partial charge < -0.3 is 5.32 Å². The molecule has 5 nitrogen and oxygen atoms in total. The lowest BCUT2D eigenvalue weighted by atomic mass is 10.3. The van der Waals surface area contributed by atoms with Gasteiger partial charge in [0.1, 0.15) is 10.7 Å². The zero-order chi connectivity index (χ0) is 16.5. The molecule has 0 atom stereocenters. The van der Waals surface area contributed by atoms with E-state index in [9.17, 15) is 21.6 Å². The third-order valence-corrected chi connectivity index (χ3v) is 4.00. The van der Waals surface area contributed by atoms with E-state index in [4.69, 9.17) is 11.6 Å². The third kappa shape index (κ3) is 3.86. The highest BCUT2D eigenvalue weighted by Crippen LogP contribution is 2.33. The van der Waals surface area contributed by atoms with Crippen LogP contribution in [0.25, 0.3) is 0 Å². The Morgan fingerprint density at radius 1 is 1.18 bits per heavy atom. The van der Waals surface area contributed by atoms with Gasteiger partial charge in [-0.2, -0.15) is 13.2 Å². The molecule has 0 amide bonds. The topological polar surface area (TPSA) is 72.0 Å². The molecule has 0 radical (unpaired) electrons.